The molecule has 1 aliphatic heterocycles. The van der Waals surface area contributed by atoms with Crippen molar-refractivity contribution in [2.45, 2.75) is 25.2 Å². The molecule has 1 amide bonds. The second-order valence-corrected chi connectivity index (χ2v) is 6.69. The molecule has 0 spiro atoms. The zero-order valence-electron chi connectivity index (χ0n) is 9.86. The highest BCUT2D eigenvalue weighted by molar-refractivity contribution is 7.92. The molecule has 0 atom stereocenters. The summed E-state index contributed by atoms with van der Waals surface area (Å²) in [4.78, 5) is 11.5. The standard InChI is InChI=1S/C12H15NO3S/c1-8(2)5-9-3-4-11-10(6-9)13-12(14)7-17(11,15)16/h3-4,6,8H,5,7H2,1-2H3,(H,13,14). The number of rotatable bonds is 2. The van der Waals surface area contributed by atoms with Gasteiger partial charge in [-0.3, -0.25) is 4.79 Å². The van der Waals surface area contributed by atoms with E-state index >= 15 is 0 Å². The molecule has 92 valence electrons. The van der Waals surface area contributed by atoms with Gasteiger partial charge in [-0.2, -0.15) is 0 Å². The Morgan fingerprint density at radius 3 is 2.71 bits per heavy atom. The number of hydrogen-bond donors (Lipinski definition) is 1. The molecular formula is C12H15NO3S. The molecule has 1 heterocycles. The molecular weight excluding hydrogens is 238 g/mol. The van der Waals surface area contributed by atoms with Gasteiger partial charge in [-0.15, -0.1) is 0 Å². The summed E-state index contributed by atoms with van der Waals surface area (Å²) in [5.41, 5.74) is 1.45. The summed E-state index contributed by atoms with van der Waals surface area (Å²) in [6.45, 7) is 4.18. The Kier molecular flexibility index (Phi) is 2.95. The highest BCUT2D eigenvalue weighted by Gasteiger charge is 2.28. The van der Waals surface area contributed by atoms with Gasteiger partial charge in [-0.1, -0.05) is 19.9 Å². The average Bonchev–Trinajstić information content (AvgIpc) is 2.13. The predicted octanol–water partition coefficient (Wildman–Crippen LogP) is 1.61. The van der Waals surface area contributed by atoms with Gasteiger partial charge in [-0.25, -0.2) is 8.42 Å². The van der Waals surface area contributed by atoms with Crippen molar-refractivity contribution in [1.82, 2.24) is 0 Å². The van der Waals surface area contributed by atoms with Gasteiger partial charge in [0.2, 0.25) is 5.91 Å². The molecule has 1 aromatic carbocycles. The molecule has 5 heteroatoms. The normalized spacial score (nSPS) is 17.7. The summed E-state index contributed by atoms with van der Waals surface area (Å²) in [5, 5.41) is 2.61. The number of anilines is 1. The van der Waals surface area contributed by atoms with Crippen molar-refractivity contribution < 1.29 is 13.2 Å². The lowest BCUT2D eigenvalue weighted by Gasteiger charge is -2.18. The number of sulfone groups is 1. The van der Waals surface area contributed by atoms with Gasteiger partial charge in [0, 0.05) is 0 Å². The maximum Gasteiger partial charge on any atom is 0.239 e. The first-order valence-electron chi connectivity index (χ1n) is 5.54. The van der Waals surface area contributed by atoms with E-state index in [0.717, 1.165) is 12.0 Å². The van der Waals surface area contributed by atoms with E-state index in [9.17, 15) is 13.2 Å². The zero-order chi connectivity index (χ0) is 12.6. The van der Waals surface area contributed by atoms with Crippen molar-refractivity contribution in [3.05, 3.63) is 23.8 Å². The summed E-state index contributed by atoms with van der Waals surface area (Å²) in [7, 11) is -3.45. The minimum absolute atomic E-state index is 0.226. The van der Waals surface area contributed by atoms with Crippen molar-refractivity contribution in [1.29, 1.82) is 0 Å². The molecule has 0 radical (unpaired) electrons. The first-order chi connectivity index (χ1) is 7.88. The molecule has 1 N–H and O–H groups in total. The van der Waals surface area contributed by atoms with Gasteiger partial charge in [0.25, 0.3) is 0 Å². The van der Waals surface area contributed by atoms with E-state index in [2.05, 4.69) is 19.2 Å². The van der Waals surface area contributed by atoms with Gasteiger partial charge in [0.05, 0.1) is 10.6 Å². The minimum Gasteiger partial charge on any atom is -0.324 e. The van der Waals surface area contributed by atoms with Gasteiger partial charge in [-0.05, 0) is 30.0 Å². The minimum atomic E-state index is -3.45. The van der Waals surface area contributed by atoms with E-state index in [-0.39, 0.29) is 4.90 Å². The van der Waals surface area contributed by atoms with Crippen LogP contribution in [0.4, 0.5) is 5.69 Å². The Labute approximate surface area is 101 Å². The summed E-state index contributed by atoms with van der Waals surface area (Å²) in [6.07, 6.45) is 0.864. The van der Waals surface area contributed by atoms with E-state index in [4.69, 9.17) is 0 Å². The molecule has 1 aliphatic rings. The third-order valence-corrected chi connectivity index (χ3v) is 4.29. The molecule has 0 aliphatic carbocycles. The maximum atomic E-state index is 11.8. The lowest BCUT2D eigenvalue weighted by molar-refractivity contribution is -0.114. The lowest BCUT2D eigenvalue weighted by atomic mass is 10.0. The van der Waals surface area contributed by atoms with Crippen molar-refractivity contribution >= 4 is 21.4 Å². The van der Waals surface area contributed by atoms with Gasteiger partial charge in [0.15, 0.2) is 9.84 Å². The second kappa shape index (κ2) is 4.14. The number of amides is 1. The van der Waals surface area contributed by atoms with E-state index in [1.165, 1.54) is 0 Å². The lowest BCUT2D eigenvalue weighted by Crippen LogP contribution is -2.29. The number of carbonyl (C=O) groups excluding carboxylic acids is 1. The highest BCUT2D eigenvalue weighted by atomic mass is 32.2. The Bertz CT molecular complexity index is 561. The fourth-order valence-electron chi connectivity index (χ4n) is 1.98. The van der Waals surface area contributed by atoms with Gasteiger partial charge < -0.3 is 5.32 Å². The SMILES string of the molecule is CC(C)Cc1ccc2c(c1)NC(=O)CS2(=O)=O. The van der Waals surface area contributed by atoms with Crippen LogP contribution in [-0.4, -0.2) is 20.1 Å². The number of carbonyl (C=O) groups is 1. The summed E-state index contributed by atoms with van der Waals surface area (Å²) < 4.78 is 23.5. The highest BCUT2D eigenvalue weighted by Crippen LogP contribution is 2.28. The number of fused-ring (bicyclic) bond motifs is 1. The van der Waals surface area contributed by atoms with E-state index in [1.807, 2.05) is 6.07 Å². The van der Waals surface area contributed by atoms with E-state index < -0.39 is 21.5 Å². The molecule has 0 fully saturated rings. The Hall–Kier alpha value is -1.36. The third-order valence-electron chi connectivity index (χ3n) is 2.62. The van der Waals surface area contributed by atoms with Crippen LogP contribution in [0.1, 0.15) is 19.4 Å². The number of nitrogens with one attached hydrogen (secondary N) is 1. The molecule has 0 saturated heterocycles. The average molecular weight is 253 g/mol. The Morgan fingerprint density at radius 2 is 2.06 bits per heavy atom. The van der Waals surface area contributed by atoms with Crippen molar-refractivity contribution in [3.63, 3.8) is 0 Å². The Morgan fingerprint density at radius 1 is 1.35 bits per heavy atom. The summed E-state index contributed by atoms with van der Waals surface area (Å²) in [6, 6.07) is 5.15. The predicted molar refractivity (Wildman–Crippen MR) is 65.7 cm³/mol. The van der Waals surface area contributed by atoms with Crippen molar-refractivity contribution in [2.75, 3.05) is 11.1 Å². The molecule has 17 heavy (non-hydrogen) atoms. The van der Waals surface area contributed by atoms with Crippen LogP contribution in [0.5, 0.6) is 0 Å². The molecule has 0 saturated carbocycles. The maximum absolute atomic E-state index is 11.8. The largest absolute Gasteiger partial charge is 0.324 e. The third kappa shape index (κ3) is 2.49. The quantitative estimate of drug-likeness (QED) is 0.871. The van der Waals surface area contributed by atoms with Crippen LogP contribution in [-0.2, 0) is 21.1 Å². The monoisotopic (exact) mass is 253 g/mol. The van der Waals surface area contributed by atoms with Gasteiger partial charge in [0.1, 0.15) is 5.75 Å². The molecule has 0 aromatic heterocycles. The molecule has 4 nitrogen and oxygen atoms in total. The van der Waals surface area contributed by atoms with E-state index in [0.29, 0.717) is 11.6 Å². The van der Waals surface area contributed by atoms with Crippen LogP contribution in [0.15, 0.2) is 23.1 Å². The molecule has 0 unspecified atom stereocenters. The number of hydrogen-bond acceptors (Lipinski definition) is 3. The van der Waals surface area contributed by atoms with E-state index in [1.54, 1.807) is 12.1 Å². The van der Waals surface area contributed by atoms with Crippen LogP contribution in [0.25, 0.3) is 0 Å². The van der Waals surface area contributed by atoms with Crippen LogP contribution in [0.2, 0.25) is 0 Å². The first kappa shape index (κ1) is 12.1. The van der Waals surface area contributed by atoms with Crippen LogP contribution in [0, 0.1) is 5.92 Å². The fourth-order valence-corrected chi connectivity index (χ4v) is 3.27. The van der Waals surface area contributed by atoms with Crippen LogP contribution < -0.4 is 5.32 Å². The van der Waals surface area contributed by atoms with Crippen molar-refractivity contribution in [2.24, 2.45) is 5.92 Å². The second-order valence-electron chi connectivity index (χ2n) is 4.74. The molecule has 1 aromatic rings. The smallest absolute Gasteiger partial charge is 0.239 e. The van der Waals surface area contributed by atoms with Gasteiger partial charge >= 0.3 is 0 Å². The fraction of sp³-hybridized carbons (Fsp3) is 0.417. The molecule has 0 bridgehead atoms. The Balaban J connectivity index is 2.46. The zero-order valence-corrected chi connectivity index (χ0v) is 10.7. The van der Waals surface area contributed by atoms with Crippen LogP contribution in [0.3, 0.4) is 0 Å². The number of benzene rings is 1. The summed E-state index contributed by atoms with van der Waals surface area (Å²) >= 11 is 0. The van der Waals surface area contributed by atoms with Crippen LogP contribution >= 0.6 is 0 Å². The molecule has 2 rings (SSSR count). The van der Waals surface area contributed by atoms with Crippen molar-refractivity contribution in [3.8, 4) is 0 Å². The summed E-state index contributed by atoms with van der Waals surface area (Å²) in [5.74, 6) is -0.424. The first-order valence-corrected chi connectivity index (χ1v) is 7.19. The topological polar surface area (TPSA) is 63.2 Å².